The number of unbranched alkanes of at least 4 members (excludes halogenated alkanes) is 1. The van der Waals surface area contributed by atoms with Gasteiger partial charge in [0.1, 0.15) is 0 Å². The number of rotatable bonds is 8. The lowest BCUT2D eigenvalue weighted by atomic mass is 9.91. The van der Waals surface area contributed by atoms with E-state index in [4.69, 9.17) is 0 Å². The Bertz CT molecular complexity index is 579. The van der Waals surface area contributed by atoms with Crippen LogP contribution in [-0.2, 0) is 9.59 Å². The van der Waals surface area contributed by atoms with E-state index in [1.165, 1.54) is 4.90 Å². The van der Waals surface area contributed by atoms with Crippen LogP contribution in [0, 0.1) is 11.8 Å². The highest BCUT2D eigenvalue weighted by molar-refractivity contribution is 7.99. The number of carbonyl (C=O) groups excluding carboxylic acids is 2. The smallest absolute Gasteiger partial charge is 0.226 e. The van der Waals surface area contributed by atoms with Crippen LogP contribution in [-0.4, -0.2) is 41.6 Å². The van der Waals surface area contributed by atoms with Crippen LogP contribution in [0.1, 0.15) is 46.5 Å². The highest BCUT2D eigenvalue weighted by Crippen LogP contribution is 2.26. The Kier molecular flexibility index (Phi) is 8.49. The fourth-order valence-corrected chi connectivity index (χ4v) is 4.19. The maximum atomic E-state index is 12.9. The van der Waals surface area contributed by atoms with Crippen LogP contribution in [0.2, 0.25) is 0 Å². The number of piperidine rings is 1. The molecule has 0 aliphatic carbocycles. The molecule has 144 valence electrons. The molecular formula is C21H32N2O2S. The summed E-state index contributed by atoms with van der Waals surface area (Å²) in [6.07, 6.45) is 3.85. The van der Waals surface area contributed by atoms with E-state index in [9.17, 15) is 9.59 Å². The molecule has 1 heterocycles. The maximum absolute atomic E-state index is 12.9. The first-order valence-corrected chi connectivity index (χ1v) is 10.8. The van der Waals surface area contributed by atoms with Crippen LogP contribution in [0.3, 0.4) is 0 Å². The topological polar surface area (TPSA) is 49.4 Å². The van der Waals surface area contributed by atoms with Gasteiger partial charge in [0.25, 0.3) is 0 Å². The Labute approximate surface area is 162 Å². The van der Waals surface area contributed by atoms with Crippen molar-refractivity contribution in [2.75, 3.05) is 18.8 Å². The molecule has 2 rings (SSSR count). The van der Waals surface area contributed by atoms with E-state index >= 15 is 0 Å². The Morgan fingerprint density at radius 3 is 2.69 bits per heavy atom. The highest BCUT2D eigenvalue weighted by Gasteiger charge is 2.34. The quantitative estimate of drug-likeness (QED) is 0.552. The van der Waals surface area contributed by atoms with Gasteiger partial charge in [-0.05, 0) is 38.3 Å². The molecule has 0 spiro atoms. The summed E-state index contributed by atoms with van der Waals surface area (Å²) >= 11 is 1.72. The Morgan fingerprint density at radius 2 is 2.00 bits per heavy atom. The summed E-state index contributed by atoms with van der Waals surface area (Å²) in [5, 5.41) is 3.02. The van der Waals surface area contributed by atoms with Gasteiger partial charge in [-0.2, -0.15) is 0 Å². The monoisotopic (exact) mass is 376 g/mol. The molecule has 0 bridgehead atoms. The zero-order valence-electron chi connectivity index (χ0n) is 16.2. The standard InChI is InChI=1S/C21H32N2O2S/c1-4-5-13-22-20(24)18-12-11-17(3)23(14-18)21(25)16(2)15-26-19-9-7-6-8-10-19/h6-10,16-18H,4-5,11-15H2,1-3H3,(H,22,24). The molecular weight excluding hydrogens is 344 g/mol. The van der Waals surface area contributed by atoms with E-state index in [2.05, 4.69) is 31.3 Å². The molecule has 26 heavy (non-hydrogen) atoms. The number of hydrogen-bond acceptors (Lipinski definition) is 3. The van der Waals surface area contributed by atoms with Gasteiger partial charge in [-0.3, -0.25) is 9.59 Å². The van der Waals surface area contributed by atoms with Crippen molar-refractivity contribution in [3.05, 3.63) is 30.3 Å². The third-order valence-corrected chi connectivity index (χ3v) is 6.30. The zero-order valence-corrected chi connectivity index (χ0v) is 17.1. The fourth-order valence-electron chi connectivity index (χ4n) is 3.25. The molecule has 1 aromatic carbocycles. The number of hydrogen-bond donors (Lipinski definition) is 1. The summed E-state index contributed by atoms with van der Waals surface area (Å²) in [6, 6.07) is 10.4. The SMILES string of the molecule is CCCCNC(=O)C1CCC(C)N(C(=O)C(C)CSc2ccccc2)C1. The molecule has 1 fully saturated rings. The molecule has 0 aromatic heterocycles. The molecule has 4 nitrogen and oxygen atoms in total. The average Bonchev–Trinajstić information content (AvgIpc) is 2.66. The second-order valence-electron chi connectivity index (χ2n) is 7.28. The van der Waals surface area contributed by atoms with E-state index in [1.54, 1.807) is 11.8 Å². The highest BCUT2D eigenvalue weighted by atomic mass is 32.2. The van der Waals surface area contributed by atoms with E-state index in [0.29, 0.717) is 6.54 Å². The first-order chi connectivity index (χ1) is 12.5. The molecule has 1 aliphatic rings. The van der Waals surface area contributed by atoms with Gasteiger partial charge in [0.15, 0.2) is 0 Å². The summed E-state index contributed by atoms with van der Waals surface area (Å²) in [7, 11) is 0. The van der Waals surface area contributed by atoms with E-state index in [1.807, 2.05) is 30.0 Å². The second kappa shape index (κ2) is 10.6. The molecule has 3 unspecified atom stereocenters. The minimum Gasteiger partial charge on any atom is -0.356 e. The number of amides is 2. The average molecular weight is 377 g/mol. The van der Waals surface area contributed by atoms with E-state index in [0.717, 1.165) is 38.0 Å². The first kappa shape index (κ1) is 20.8. The fraction of sp³-hybridized carbons (Fsp3) is 0.619. The lowest BCUT2D eigenvalue weighted by molar-refractivity contribution is -0.140. The summed E-state index contributed by atoms with van der Waals surface area (Å²) in [5.41, 5.74) is 0. The van der Waals surface area contributed by atoms with Gasteiger partial charge < -0.3 is 10.2 Å². The molecule has 0 saturated carbocycles. The Hall–Kier alpha value is -1.49. The summed E-state index contributed by atoms with van der Waals surface area (Å²) in [5.74, 6) is 0.923. The van der Waals surface area contributed by atoms with Gasteiger partial charge in [0.05, 0.1) is 5.92 Å². The van der Waals surface area contributed by atoms with Crippen molar-refractivity contribution in [1.82, 2.24) is 10.2 Å². The van der Waals surface area contributed by atoms with Crippen molar-refractivity contribution in [2.24, 2.45) is 11.8 Å². The normalized spacial score (nSPS) is 21.3. The van der Waals surface area contributed by atoms with Gasteiger partial charge in [-0.1, -0.05) is 38.5 Å². The van der Waals surface area contributed by atoms with Crippen molar-refractivity contribution in [2.45, 2.75) is 57.4 Å². The van der Waals surface area contributed by atoms with Crippen LogP contribution in [0.25, 0.3) is 0 Å². The largest absolute Gasteiger partial charge is 0.356 e. The van der Waals surface area contributed by atoms with Crippen molar-refractivity contribution >= 4 is 23.6 Å². The predicted molar refractivity (Wildman–Crippen MR) is 108 cm³/mol. The maximum Gasteiger partial charge on any atom is 0.226 e. The van der Waals surface area contributed by atoms with Gasteiger partial charge in [-0.25, -0.2) is 0 Å². The summed E-state index contributed by atoms with van der Waals surface area (Å²) in [6.45, 7) is 7.50. The van der Waals surface area contributed by atoms with Crippen LogP contribution in [0.15, 0.2) is 35.2 Å². The van der Waals surface area contributed by atoms with Crippen LogP contribution < -0.4 is 5.32 Å². The number of carbonyl (C=O) groups is 2. The third kappa shape index (κ3) is 6.04. The van der Waals surface area contributed by atoms with Crippen molar-refractivity contribution in [3.63, 3.8) is 0 Å². The van der Waals surface area contributed by atoms with E-state index in [-0.39, 0.29) is 29.7 Å². The molecule has 1 aliphatic heterocycles. The molecule has 2 amide bonds. The second-order valence-corrected chi connectivity index (χ2v) is 8.38. The lowest BCUT2D eigenvalue weighted by Crippen LogP contribution is -2.51. The molecule has 1 aromatic rings. The third-order valence-electron chi connectivity index (χ3n) is 5.03. The number of nitrogens with zero attached hydrogens (tertiary/aromatic N) is 1. The van der Waals surface area contributed by atoms with Crippen LogP contribution >= 0.6 is 11.8 Å². The lowest BCUT2D eigenvalue weighted by Gasteiger charge is -2.38. The Morgan fingerprint density at radius 1 is 1.27 bits per heavy atom. The predicted octanol–water partition coefficient (Wildman–Crippen LogP) is 3.96. The number of likely N-dealkylation sites (tertiary alicyclic amines) is 1. The minimum atomic E-state index is -0.0685. The van der Waals surface area contributed by atoms with Crippen molar-refractivity contribution in [3.8, 4) is 0 Å². The molecule has 1 saturated heterocycles. The van der Waals surface area contributed by atoms with Crippen LogP contribution in [0.4, 0.5) is 0 Å². The molecule has 0 radical (unpaired) electrons. The number of nitrogens with one attached hydrogen (secondary N) is 1. The number of benzene rings is 1. The molecule has 3 atom stereocenters. The number of thioether (sulfide) groups is 1. The Balaban J connectivity index is 1.87. The summed E-state index contributed by atoms with van der Waals surface area (Å²) < 4.78 is 0. The first-order valence-electron chi connectivity index (χ1n) is 9.79. The zero-order chi connectivity index (χ0) is 18.9. The van der Waals surface area contributed by atoms with Crippen LogP contribution in [0.5, 0.6) is 0 Å². The van der Waals surface area contributed by atoms with Gasteiger partial charge in [0.2, 0.25) is 11.8 Å². The van der Waals surface area contributed by atoms with Gasteiger partial charge in [-0.15, -0.1) is 11.8 Å². The molecule has 1 N–H and O–H groups in total. The van der Waals surface area contributed by atoms with Gasteiger partial charge >= 0.3 is 0 Å². The minimum absolute atomic E-state index is 0.0513. The summed E-state index contributed by atoms with van der Waals surface area (Å²) in [4.78, 5) is 28.4. The van der Waals surface area contributed by atoms with E-state index < -0.39 is 0 Å². The van der Waals surface area contributed by atoms with Crippen molar-refractivity contribution in [1.29, 1.82) is 0 Å². The van der Waals surface area contributed by atoms with Crippen molar-refractivity contribution < 1.29 is 9.59 Å². The van der Waals surface area contributed by atoms with Gasteiger partial charge in [0, 0.05) is 35.7 Å². The molecule has 5 heteroatoms.